The van der Waals surface area contributed by atoms with Gasteiger partial charge in [-0.3, -0.25) is 4.79 Å². The highest BCUT2D eigenvalue weighted by molar-refractivity contribution is 6.06. The van der Waals surface area contributed by atoms with Crippen LogP contribution < -0.4 is 14.8 Å². The summed E-state index contributed by atoms with van der Waals surface area (Å²) in [6.45, 7) is 1.96. The van der Waals surface area contributed by atoms with Gasteiger partial charge in [-0.2, -0.15) is 0 Å². The summed E-state index contributed by atoms with van der Waals surface area (Å²) in [6, 6.07) is 13.1. The lowest BCUT2D eigenvalue weighted by Gasteiger charge is -2.10. The largest absolute Gasteiger partial charge is 0.497 e. The van der Waals surface area contributed by atoms with Crippen molar-refractivity contribution in [3.05, 3.63) is 53.7 Å². The van der Waals surface area contributed by atoms with Crippen LogP contribution >= 0.6 is 0 Å². The number of carbonyl (C=O) groups is 1. The van der Waals surface area contributed by atoms with Crippen LogP contribution in [-0.4, -0.2) is 25.1 Å². The summed E-state index contributed by atoms with van der Waals surface area (Å²) in [4.78, 5) is 15.6. The van der Waals surface area contributed by atoms with Crippen molar-refractivity contribution in [2.45, 2.75) is 6.92 Å². The van der Waals surface area contributed by atoms with Gasteiger partial charge < -0.3 is 19.8 Å². The Morgan fingerprint density at radius 3 is 2.61 bits per heavy atom. The third-order valence-electron chi connectivity index (χ3n) is 3.68. The quantitative estimate of drug-likeness (QED) is 0.771. The van der Waals surface area contributed by atoms with Gasteiger partial charge in [0.2, 0.25) is 0 Å². The highest BCUT2D eigenvalue weighted by atomic mass is 16.5. The van der Waals surface area contributed by atoms with Gasteiger partial charge in [-0.15, -0.1) is 0 Å². The number of hydrogen-bond donors (Lipinski definition) is 2. The summed E-state index contributed by atoms with van der Waals surface area (Å²) in [5.41, 5.74) is 3.06. The summed E-state index contributed by atoms with van der Waals surface area (Å²) in [5, 5.41) is 3.80. The molecular formula is C18H18N2O3. The number of H-pyrrole nitrogens is 1. The molecule has 1 aromatic heterocycles. The zero-order valence-corrected chi connectivity index (χ0v) is 13.3. The standard InChI is InChI=1S/C18H18N2O3/c1-11-4-7-17(23-3)15(8-11)20-18(21)16-10-12-9-13(22-2)5-6-14(12)19-16/h4-10,19H,1-3H3,(H,20,21). The van der Waals surface area contributed by atoms with Crippen molar-refractivity contribution < 1.29 is 14.3 Å². The van der Waals surface area contributed by atoms with E-state index in [1.165, 1.54) is 0 Å². The van der Waals surface area contributed by atoms with Crippen LogP contribution in [0.15, 0.2) is 42.5 Å². The Morgan fingerprint density at radius 1 is 1.04 bits per heavy atom. The summed E-state index contributed by atoms with van der Waals surface area (Å²) in [7, 11) is 3.20. The van der Waals surface area contributed by atoms with Crippen molar-refractivity contribution in [1.82, 2.24) is 4.98 Å². The first-order chi connectivity index (χ1) is 11.1. The molecule has 0 aliphatic rings. The normalized spacial score (nSPS) is 10.6. The Morgan fingerprint density at radius 2 is 1.87 bits per heavy atom. The third-order valence-corrected chi connectivity index (χ3v) is 3.68. The molecule has 0 atom stereocenters. The second-order valence-corrected chi connectivity index (χ2v) is 5.29. The zero-order chi connectivity index (χ0) is 16.4. The SMILES string of the molecule is COc1ccc2[nH]c(C(=O)Nc3cc(C)ccc3OC)cc2c1. The van der Waals surface area contributed by atoms with E-state index in [0.717, 1.165) is 22.2 Å². The van der Waals surface area contributed by atoms with Crippen molar-refractivity contribution in [3.63, 3.8) is 0 Å². The van der Waals surface area contributed by atoms with E-state index in [4.69, 9.17) is 9.47 Å². The lowest BCUT2D eigenvalue weighted by atomic mass is 10.2. The van der Waals surface area contributed by atoms with E-state index in [9.17, 15) is 4.79 Å². The van der Waals surface area contributed by atoms with Gasteiger partial charge in [-0.05, 0) is 48.9 Å². The summed E-state index contributed by atoms with van der Waals surface area (Å²) < 4.78 is 10.5. The topological polar surface area (TPSA) is 63.4 Å². The van der Waals surface area contributed by atoms with Crippen LogP contribution in [0.4, 0.5) is 5.69 Å². The van der Waals surface area contributed by atoms with Gasteiger partial charge in [0.1, 0.15) is 17.2 Å². The molecule has 3 rings (SSSR count). The average Bonchev–Trinajstić information content (AvgIpc) is 2.98. The van der Waals surface area contributed by atoms with Gasteiger partial charge in [0.05, 0.1) is 19.9 Å². The molecule has 0 aliphatic heterocycles. The molecule has 0 saturated heterocycles. The van der Waals surface area contributed by atoms with Gasteiger partial charge in [0, 0.05) is 10.9 Å². The van der Waals surface area contributed by atoms with Crippen molar-refractivity contribution in [2.75, 3.05) is 19.5 Å². The zero-order valence-electron chi connectivity index (χ0n) is 13.3. The molecule has 0 fully saturated rings. The number of fused-ring (bicyclic) bond motifs is 1. The van der Waals surface area contributed by atoms with E-state index < -0.39 is 0 Å². The molecule has 118 valence electrons. The minimum atomic E-state index is -0.218. The van der Waals surface area contributed by atoms with Gasteiger partial charge in [0.25, 0.3) is 5.91 Å². The minimum Gasteiger partial charge on any atom is -0.497 e. The van der Waals surface area contributed by atoms with Crippen LogP contribution in [0.25, 0.3) is 10.9 Å². The molecule has 0 aliphatic carbocycles. The van der Waals surface area contributed by atoms with E-state index in [2.05, 4.69) is 10.3 Å². The molecule has 0 spiro atoms. The lowest BCUT2D eigenvalue weighted by Crippen LogP contribution is -2.13. The van der Waals surface area contributed by atoms with Crippen LogP contribution in [0.5, 0.6) is 11.5 Å². The maximum atomic E-state index is 12.5. The fourth-order valence-electron chi connectivity index (χ4n) is 2.47. The van der Waals surface area contributed by atoms with Gasteiger partial charge in [-0.1, -0.05) is 6.07 Å². The molecule has 0 bridgehead atoms. The Hall–Kier alpha value is -2.95. The number of carbonyl (C=O) groups excluding carboxylic acids is 1. The van der Waals surface area contributed by atoms with Crippen LogP contribution in [0.1, 0.15) is 16.1 Å². The van der Waals surface area contributed by atoms with E-state index in [1.807, 2.05) is 43.3 Å². The van der Waals surface area contributed by atoms with Crippen molar-refractivity contribution in [1.29, 1.82) is 0 Å². The van der Waals surface area contributed by atoms with Gasteiger partial charge in [-0.25, -0.2) is 0 Å². The van der Waals surface area contributed by atoms with E-state index in [-0.39, 0.29) is 5.91 Å². The number of rotatable bonds is 4. The molecule has 23 heavy (non-hydrogen) atoms. The molecule has 0 saturated carbocycles. The first-order valence-corrected chi connectivity index (χ1v) is 7.23. The van der Waals surface area contributed by atoms with Crippen molar-refractivity contribution >= 4 is 22.5 Å². The number of methoxy groups -OCH3 is 2. The second kappa shape index (κ2) is 6.04. The highest BCUT2D eigenvalue weighted by Crippen LogP contribution is 2.26. The number of hydrogen-bond acceptors (Lipinski definition) is 3. The molecule has 5 heteroatoms. The Bertz CT molecular complexity index is 868. The average molecular weight is 310 g/mol. The van der Waals surface area contributed by atoms with Gasteiger partial charge in [0.15, 0.2) is 0 Å². The van der Waals surface area contributed by atoms with Crippen LogP contribution in [0, 0.1) is 6.92 Å². The predicted octanol–water partition coefficient (Wildman–Crippen LogP) is 3.75. The number of aryl methyl sites for hydroxylation is 1. The Kier molecular flexibility index (Phi) is 3.93. The Labute approximate surface area is 134 Å². The fraction of sp³-hybridized carbons (Fsp3) is 0.167. The first-order valence-electron chi connectivity index (χ1n) is 7.23. The van der Waals surface area contributed by atoms with Crippen LogP contribution in [0.2, 0.25) is 0 Å². The molecule has 5 nitrogen and oxygen atoms in total. The molecule has 2 N–H and O–H groups in total. The minimum absolute atomic E-state index is 0.218. The number of amides is 1. The first kappa shape index (κ1) is 15.0. The van der Waals surface area contributed by atoms with E-state index >= 15 is 0 Å². The molecule has 2 aromatic carbocycles. The smallest absolute Gasteiger partial charge is 0.272 e. The van der Waals surface area contributed by atoms with Crippen molar-refractivity contribution in [3.8, 4) is 11.5 Å². The molecule has 0 radical (unpaired) electrons. The highest BCUT2D eigenvalue weighted by Gasteiger charge is 2.13. The molecule has 1 amide bonds. The Balaban J connectivity index is 1.90. The summed E-state index contributed by atoms with van der Waals surface area (Å²) in [6.07, 6.45) is 0. The van der Waals surface area contributed by atoms with E-state index in [1.54, 1.807) is 20.3 Å². The monoisotopic (exact) mass is 310 g/mol. The van der Waals surface area contributed by atoms with Crippen LogP contribution in [0.3, 0.4) is 0 Å². The number of nitrogens with one attached hydrogen (secondary N) is 2. The van der Waals surface area contributed by atoms with Crippen LogP contribution in [-0.2, 0) is 0 Å². The number of ether oxygens (including phenoxy) is 2. The lowest BCUT2D eigenvalue weighted by molar-refractivity contribution is 0.102. The van der Waals surface area contributed by atoms with Gasteiger partial charge >= 0.3 is 0 Å². The number of benzene rings is 2. The number of aromatic nitrogens is 1. The molecule has 1 heterocycles. The third kappa shape index (κ3) is 2.99. The second-order valence-electron chi connectivity index (χ2n) is 5.29. The summed E-state index contributed by atoms with van der Waals surface area (Å²) in [5.74, 6) is 1.16. The molecule has 0 unspecified atom stereocenters. The maximum Gasteiger partial charge on any atom is 0.272 e. The maximum absolute atomic E-state index is 12.5. The fourth-order valence-corrected chi connectivity index (χ4v) is 2.47. The molecular weight excluding hydrogens is 292 g/mol. The number of aromatic amines is 1. The van der Waals surface area contributed by atoms with Crippen molar-refractivity contribution in [2.24, 2.45) is 0 Å². The molecule has 3 aromatic rings. The van der Waals surface area contributed by atoms with E-state index in [0.29, 0.717) is 17.1 Å². The summed E-state index contributed by atoms with van der Waals surface area (Å²) >= 11 is 0. The number of anilines is 1. The predicted molar refractivity (Wildman–Crippen MR) is 90.5 cm³/mol.